The fourth-order valence-corrected chi connectivity index (χ4v) is 9.78. The van der Waals surface area contributed by atoms with Crippen LogP contribution in [0.3, 0.4) is 0 Å². The van der Waals surface area contributed by atoms with Crippen LogP contribution in [0.25, 0.3) is 0 Å². The number of ether oxygens (including phenoxy) is 3. The van der Waals surface area contributed by atoms with E-state index < -0.39 is 67.4 Å². The van der Waals surface area contributed by atoms with Crippen molar-refractivity contribution in [1.29, 1.82) is 0 Å². The average Bonchev–Trinajstić information content (AvgIpc) is 3.54. The number of aliphatic hydroxyl groups is 5. The lowest BCUT2D eigenvalue weighted by Crippen LogP contribution is -2.61. The molecule has 0 saturated carbocycles. The minimum absolute atomic E-state index is 0.101. The molecule has 1 saturated heterocycles. The summed E-state index contributed by atoms with van der Waals surface area (Å²) in [5, 5.41) is 57.1. The predicted octanol–water partition coefficient (Wildman–Crippen LogP) is 17.0. The van der Waals surface area contributed by atoms with E-state index in [4.69, 9.17) is 14.2 Å². The molecule has 0 bridgehead atoms. The number of rotatable bonds is 56. The van der Waals surface area contributed by atoms with Crippen molar-refractivity contribution in [2.45, 2.75) is 314 Å². The van der Waals surface area contributed by atoms with E-state index in [9.17, 15) is 35.1 Å². The third-order valence-corrected chi connectivity index (χ3v) is 15.1. The first-order valence-corrected chi connectivity index (χ1v) is 33.8. The zero-order valence-electron chi connectivity index (χ0n) is 53.2. The van der Waals surface area contributed by atoms with Crippen molar-refractivity contribution in [1.82, 2.24) is 5.32 Å². The number of esters is 1. The zero-order chi connectivity index (χ0) is 61.0. The lowest BCUT2D eigenvalue weighted by molar-refractivity contribution is -0.305. The van der Waals surface area contributed by atoms with Crippen LogP contribution in [0.15, 0.2) is 122 Å². The van der Waals surface area contributed by atoms with E-state index in [1.54, 1.807) is 6.08 Å². The molecule has 1 rings (SSSR count). The van der Waals surface area contributed by atoms with Crippen LogP contribution in [-0.2, 0) is 23.8 Å². The normalized spacial score (nSPS) is 19.3. The highest BCUT2D eigenvalue weighted by Gasteiger charge is 2.47. The van der Waals surface area contributed by atoms with Crippen LogP contribution in [-0.4, -0.2) is 99.6 Å². The number of hydrogen-bond donors (Lipinski definition) is 6. The quantitative estimate of drug-likeness (QED) is 0.0195. The van der Waals surface area contributed by atoms with Crippen molar-refractivity contribution in [2.75, 3.05) is 13.2 Å². The minimum Gasteiger partial charge on any atom is -0.454 e. The van der Waals surface area contributed by atoms with Gasteiger partial charge in [-0.3, -0.25) is 9.59 Å². The lowest BCUT2D eigenvalue weighted by atomic mass is 9.99. The molecule has 11 nitrogen and oxygen atoms in total. The molecule has 1 heterocycles. The van der Waals surface area contributed by atoms with Crippen LogP contribution in [0.1, 0.15) is 265 Å². The lowest BCUT2D eigenvalue weighted by Gasteiger charge is -2.41. The number of aliphatic hydroxyl groups excluding tert-OH is 5. The number of amides is 1. The monoisotopic (exact) mass is 1170 g/mol. The van der Waals surface area contributed by atoms with E-state index in [1.165, 1.54) is 70.6 Å². The second-order valence-electron chi connectivity index (χ2n) is 22.8. The van der Waals surface area contributed by atoms with Crippen LogP contribution in [0.2, 0.25) is 0 Å². The maximum absolute atomic E-state index is 13.5. The number of nitrogens with one attached hydrogen (secondary N) is 1. The molecule has 0 aromatic rings. The second kappa shape index (κ2) is 59.4. The molecule has 1 amide bonds. The maximum Gasteiger partial charge on any atom is 0.306 e. The number of allylic oxidation sites excluding steroid dienone is 19. The Kier molecular flexibility index (Phi) is 55.2. The molecular weight excluding hydrogens is 1050 g/mol. The van der Waals surface area contributed by atoms with Crippen molar-refractivity contribution >= 4 is 11.9 Å². The van der Waals surface area contributed by atoms with E-state index in [2.05, 4.69) is 135 Å². The van der Waals surface area contributed by atoms with Crippen LogP contribution in [0.4, 0.5) is 0 Å². The summed E-state index contributed by atoms with van der Waals surface area (Å²) in [5.74, 6) is -1.23. The molecule has 0 aromatic carbocycles. The first-order valence-electron chi connectivity index (χ1n) is 33.8. The Morgan fingerprint density at radius 2 is 0.857 bits per heavy atom. The van der Waals surface area contributed by atoms with E-state index in [0.717, 1.165) is 148 Å². The summed E-state index contributed by atoms with van der Waals surface area (Å²) in [5.41, 5.74) is 0. The van der Waals surface area contributed by atoms with E-state index in [-0.39, 0.29) is 19.4 Å². The summed E-state index contributed by atoms with van der Waals surface area (Å²) >= 11 is 0. The summed E-state index contributed by atoms with van der Waals surface area (Å²) < 4.78 is 17.6. The van der Waals surface area contributed by atoms with Crippen LogP contribution >= 0.6 is 0 Å². The molecular formula is C73H123NO10. The van der Waals surface area contributed by atoms with Gasteiger partial charge in [-0.1, -0.05) is 264 Å². The number of unbranched alkanes of at least 4 members (excludes halogenated alkanes) is 24. The Bertz CT molecular complexity index is 1830. The van der Waals surface area contributed by atoms with Crippen molar-refractivity contribution in [2.24, 2.45) is 0 Å². The molecule has 480 valence electrons. The molecule has 0 radical (unpaired) electrons. The van der Waals surface area contributed by atoms with Gasteiger partial charge in [0.05, 0.1) is 25.4 Å². The van der Waals surface area contributed by atoms with Gasteiger partial charge in [0.25, 0.3) is 0 Å². The minimum atomic E-state index is -1.63. The van der Waals surface area contributed by atoms with Gasteiger partial charge in [0.15, 0.2) is 12.4 Å². The first kappa shape index (κ1) is 78.1. The zero-order valence-corrected chi connectivity index (χ0v) is 53.2. The van der Waals surface area contributed by atoms with Crippen molar-refractivity contribution in [3.8, 4) is 0 Å². The molecule has 1 aliphatic rings. The summed E-state index contributed by atoms with van der Waals surface area (Å²) in [4.78, 5) is 26.6. The smallest absolute Gasteiger partial charge is 0.306 e. The fourth-order valence-electron chi connectivity index (χ4n) is 9.78. The highest BCUT2D eigenvalue weighted by atomic mass is 16.7. The summed E-state index contributed by atoms with van der Waals surface area (Å²) in [6, 6.07) is -1.04. The Morgan fingerprint density at radius 3 is 1.31 bits per heavy atom. The molecule has 0 aliphatic carbocycles. The Morgan fingerprint density at radius 1 is 0.476 bits per heavy atom. The summed E-state index contributed by atoms with van der Waals surface area (Å²) in [6.07, 6.45) is 72.2. The summed E-state index contributed by atoms with van der Waals surface area (Å²) in [6.45, 7) is 5.63. The van der Waals surface area contributed by atoms with Gasteiger partial charge in [0.2, 0.25) is 5.91 Å². The van der Waals surface area contributed by atoms with Gasteiger partial charge in [0.1, 0.15) is 24.4 Å². The predicted molar refractivity (Wildman–Crippen MR) is 351 cm³/mol. The highest BCUT2D eigenvalue weighted by molar-refractivity contribution is 5.80. The molecule has 11 heteroatoms. The SMILES string of the molecule is CC/C=C\C/C=C\C/C=C\C/C=C\C/C=C\C/C=C\CCCCCCCC(O)C(=O)NC(COC1OC(CO)C(O)C(O)C1OC(=O)CCCCCCCC/C=C\C/C=C\C/C=C\CCCCC)C(O)/C=C/CCCCCCCCCCCC. The highest BCUT2D eigenvalue weighted by Crippen LogP contribution is 2.26. The number of carbonyl (C=O) groups excluding carboxylic acids is 2. The van der Waals surface area contributed by atoms with Gasteiger partial charge in [0, 0.05) is 6.42 Å². The summed E-state index contributed by atoms with van der Waals surface area (Å²) in [7, 11) is 0. The standard InChI is InChI=1S/C73H123NO10/c1-4-7-10-13-16-19-22-25-27-29-31-32-33-34-35-37-38-40-42-45-48-51-54-57-60-66(77)72(81)74-64(65(76)59-56-53-50-47-44-24-21-18-15-12-9-6-3)63-82-73-71(70(80)69(79)67(62-75)83-73)84-68(78)61-58-55-52-49-46-43-41-39-36-30-28-26-23-20-17-14-11-8-5-2/h7,10,16-17,19-20,25-28,31-32,34-36,38-40,56,59,64-67,69-71,73,75-77,79-80H,4-6,8-9,11-15,18,21-24,29-30,33,37,41-55,57-58,60-63H2,1-3H3,(H,74,81)/b10-7-,19-16-,20-17-,27-25-,28-26-,32-31-,35-34-,39-36-,40-38-,59-56+. The Labute approximate surface area is 512 Å². The molecule has 0 aromatic heterocycles. The molecule has 1 fully saturated rings. The van der Waals surface area contributed by atoms with E-state index >= 15 is 0 Å². The van der Waals surface area contributed by atoms with Crippen LogP contribution in [0, 0.1) is 0 Å². The van der Waals surface area contributed by atoms with Gasteiger partial charge in [-0.15, -0.1) is 0 Å². The van der Waals surface area contributed by atoms with E-state index in [1.807, 2.05) is 6.08 Å². The van der Waals surface area contributed by atoms with Gasteiger partial charge < -0.3 is 45.1 Å². The van der Waals surface area contributed by atoms with Gasteiger partial charge in [-0.2, -0.15) is 0 Å². The number of hydrogen-bond acceptors (Lipinski definition) is 10. The third-order valence-electron chi connectivity index (χ3n) is 15.1. The largest absolute Gasteiger partial charge is 0.454 e. The maximum atomic E-state index is 13.5. The molecule has 0 spiro atoms. The second-order valence-corrected chi connectivity index (χ2v) is 22.8. The molecule has 84 heavy (non-hydrogen) atoms. The fraction of sp³-hybridized carbons (Fsp3) is 0.699. The van der Waals surface area contributed by atoms with Gasteiger partial charge in [-0.25, -0.2) is 0 Å². The number of carbonyl (C=O) groups is 2. The Hall–Kier alpha value is -3.94. The van der Waals surface area contributed by atoms with Crippen LogP contribution < -0.4 is 5.32 Å². The van der Waals surface area contributed by atoms with E-state index in [0.29, 0.717) is 12.8 Å². The van der Waals surface area contributed by atoms with Crippen molar-refractivity contribution in [3.63, 3.8) is 0 Å². The third kappa shape index (κ3) is 46.3. The van der Waals surface area contributed by atoms with Crippen molar-refractivity contribution in [3.05, 3.63) is 122 Å². The molecule has 6 N–H and O–H groups in total. The Balaban J connectivity index is 2.65. The molecule has 8 unspecified atom stereocenters. The average molecular weight is 1170 g/mol. The van der Waals surface area contributed by atoms with Gasteiger partial charge >= 0.3 is 5.97 Å². The topological polar surface area (TPSA) is 175 Å². The van der Waals surface area contributed by atoms with Crippen LogP contribution in [0.5, 0.6) is 0 Å². The molecule has 8 atom stereocenters. The molecule has 1 aliphatic heterocycles. The van der Waals surface area contributed by atoms with Crippen molar-refractivity contribution < 1.29 is 49.3 Å². The van der Waals surface area contributed by atoms with Gasteiger partial charge in [-0.05, 0) is 116 Å². The first-order chi connectivity index (χ1) is 41.2.